The zero-order chi connectivity index (χ0) is 19.3. The van der Waals surface area contributed by atoms with Crippen LogP contribution in [-0.2, 0) is 14.8 Å². The van der Waals surface area contributed by atoms with Crippen molar-refractivity contribution >= 4 is 33.2 Å². The van der Waals surface area contributed by atoms with Gasteiger partial charge in [0, 0.05) is 6.04 Å². The molecule has 140 valence electrons. The first kappa shape index (κ1) is 20.2. The summed E-state index contributed by atoms with van der Waals surface area (Å²) in [5, 5.41) is 2.50. The summed E-state index contributed by atoms with van der Waals surface area (Å²) >= 11 is 5.80. The highest BCUT2D eigenvalue weighted by Crippen LogP contribution is 2.27. The Labute approximate surface area is 157 Å². The van der Waals surface area contributed by atoms with E-state index in [2.05, 4.69) is 5.32 Å². The van der Waals surface area contributed by atoms with Crippen LogP contribution in [-0.4, -0.2) is 26.9 Å². The van der Waals surface area contributed by atoms with Gasteiger partial charge in [-0.25, -0.2) is 12.8 Å². The van der Waals surface area contributed by atoms with Crippen LogP contribution < -0.4 is 9.62 Å². The third-order valence-corrected chi connectivity index (χ3v) is 5.91. The van der Waals surface area contributed by atoms with Gasteiger partial charge in [0.2, 0.25) is 5.91 Å². The molecule has 8 heteroatoms. The highest BCUT2D eigenvalue weighted by molar-refractivity contribution is 7.92. The molecule has 0 spiro atoms. The van der Waals surface area contributed by atoms with E-state index >= 15 is 0 Å². The number of amides is 1. The van der Waals surface area contributed by atoms with Gasteiger partial charge in [0.1, 0.15) is 12.4 Å². The lowest BCUT2D eigenvalue weighted by Crippen LogP contribution is -2.43. The van der Waals surface area contributed by atoms with Crippen LogP contribution in [0.5, 0.6) is 0 Å². The third-order valence-electron chi connectivity index (χ3n) is 3.83. The Bertz CT molecular complexity index is 875. The Morgan fingerprint density at radius 3 is 2.46 bits per heavy atom. The van der Waals surface area contributed by atoms with Crippen molar-refractivity contribution in [3.05, 3.63) is 59.4 Å². The van der Waals surface area contributed by atoms with E-state index in [9.17, 15) is 17.6 Å². The van der Waals surface area contributed by atoms with Crippen molar-refractivity contribution in [1.29, 1.82) is 0 Å². The molecule has 0 radical (unpaired) electrons. The lowest BCUT2D eigenvalue weighted by atomic mass is 10.2. The average molecular weight is 399 g/mol. The number of carbonyl (C=O) groups is 1. The molecule has 1 atom stereocenters. The number of anilines is 1. The second kappa shape index (κ2) is 8.51. The van der Waals surface area contributed by atoms with Crippen molar-refractivity contribution in [2.45, 2.75) is 31.2 Å². The van der Waals surface area contributed by atoms with Crippen molar-refractivity contribution in [2.24, 2.45) is 0 Å². The first-order valence-corrected chi connectivity index (χ1v) is 9.89. The van der Waals surface area contributed by atoms with Gasteiger partial charge in [0.25, 0.3) is 10.0 Å². The fraction of sp³-hybridized carbons (Fsp3) is 0.278. The molecule has 0 aromatic heterocycles. The minimum Gasteiger partial charge on any atom is -0.352 e. The van der Waals surface area contributed by atoms with Gasteiger partial charge in [0.15, 0.2) is 0 Å². The molecular formula is C18H20ClFN2O3S. The fourth-order valence-electron chi connectivity index (χ4n) is 2.23. The predicted molar refractivity (Wildman–Crippen MR) is 100 cm³/mol. The van der Waals surface area contributed by atoms with E-state index in [1.807, 2.05) is 13.8 Å². The Kier molecular flexibility index (Phi) is 6.61. The molecule has 0 aliphatic rings. The SMILES string of the molecule is CC[C@H](C)NC(=O)CN(c1ccc(F)c(Cl)c1)S(=O)(=O)c1ccccc1. The second-order valence-electron chi connectivity index (χ2n) is 5.80. The van der Waals surface area contributed by atoms with Gasteiger partial charge in [-0.2, -0.15) is 0 Å². The van der Waals surface area contributed by atoms with Gasteiger partial charge < -0.3 is 5.32 Å². The zero-order valence-electron chi connectivity index (χ0n) is 14.4. The number of nitrogens with one attached hydrogen (secondary N) is 1. The van der Waals surface area contributed by atoms with Crippen LogP contribution in [0, 0.1) is 5.82 Å². The first-order valence-electron chi connectivity index (χ1n) is 8.08. The van der Waals surface area contributed by atoms with Crippen LogP contribution in [0.4, 0.5) is 10.1 Å². The van der Waals surface area contributed by atoms with Crippen LogP contribution in [0.2, 0.25) is 5.02 Å². The first-order chi connectivity index (χ1) is 12.3. The smallest absolute Gasteiger partial charge is 0.264 e. The van der Waals surface area contributed by atoms with E-state index in [-0.39, 0.29) is 21.6 Å². The maximum atomic E-state index is 13.5. The van der Waals surface area contributed by atoms with Crippen molar-refractivity contribution < 1.29 is 17.6 Å². The van der Waals surface area contributed by atoms with Gasteiger partial charge in [-0.1, -0.05) is 36.7 Å². The summed E-state index contributed by atoms with van der Waals surface area (Å²) < 4.78 is 40.5. The Balaban J connectivity index is 2.44. The van der Waals surface area contributed by atoms with Gasteiger partial charge in [0.05, 0.1) is 15.6 Å². The van der Waals surface area contributed by atoms with E-state index in [0.29, 0.717) is 6.42 Å². The van der Waals surface area contributed by atoms with Crippen molar-refractivity contribution in [3.8, 4) is 0 Å². The standard InChI is InChI=1S/C18H20ClFN2O3S/c1-3-13(2)21-18(23)12-22(14-9-10-17(20)16(19)11-14)26(24,25)15-7-5-4-6-8-15/h4-11,13H,3,12H2,1-2H3,(H,21,23)/t13-/m0/s1. The molecule has 0 unspecified atom stereocenters. The van der Waals surface area contributed by atoms with E-state index < -0.39 is 28.3 Å². The van der Waals surface area contributed by atoms with Crippen LogP contribution in [0.3, 0.4) is 0 Å². The number of benzene rings is 2. The van der Waals surface area contributed by atoms with E-state index in [0.717, 1.165) is 10.4 Å². The molecule has 0 fully saturated rings. The predicted octanol–water partition coefficient (Wildman–Crippen LogP) is 3.59. The highest BCUT2D eigenvalue weighted by Gasteiger charge is 2.27. The summed E-state index contributed by atoms with van der Waals surface area (Å²) in [6.45, 7) is 3.29. The summed E-state index contributed by atoms with van der Waals surface area (Å²) in [6.07, 6.45) is 0.708. The molecule has 26 heavy (non-hydrogen) atoms. The summed E-state index contributed by atoms with van der Waals surface area (Å²) in [5.74, 6) is -1.13. The Morgan fingerprint density at radius 1 is 1.23 bits per heavy atom. The fourth-order valence-corrected chi connectivity index (χ4v) is 3.84. The number of rotatable bonds is 7. The molecule has 0 bridgehead atoms. The highest BCUT2D eigenvalue weighted by atomic mass is 35.5. The van der Waals surface area contributed by atoms with E-state index in [4.69, 9.17) is 11.6 Å². The summed E-state index contributed by atoms with van der Waals surface area (Å²) in [4.78, 5) is 12.3. The largest absolute Gasteiger partial charge is 0.352 e. The maximum Gasteiger partial charge on any atom is 0.264 e. The summed E-state index contributed by atoms with van der Waals surface area (Å²) in [7, 11) is -4.03. The minimum atomic E-state index is -4.03. The van der Waals surface area contributed by atoms with Crippen LogP contribution in [0.25, 0.3) is 0 Å². The molecule has 5 nitrogen and oxygen atoms in total. The third kappa shape index (κ3) is 4.74. The van der Waals surface area contributed by atoms with E-state index in [1.54, 1.807) is 18.2 Å². The van der Waals surface area contributed by atoms with Crippen LogP contribution >= 0.6 is 11.6 Å². The van der Waals surface area contributed by atoms with Crippen LogP contribution in [0.15, 0.2) is 53.4 Å². The van der Waals surface area contributed by atoms with Crippen molar-refractivity contribution in [2.75, 3.05) is 10.8 Å². The topological polar surface area (TPSA) is 66.5 Å². The summed E-state index contributed by atoms with van der Waals surface area (Å²) in [6, 6.07) is 11.2. The van der Waals surface area contributed by atoms with Crippen molar-refractivity contribution in [1.82, 2.24) is 5.32 Å². The molecule has 0 aliphatic carbocycles. The number of halogens is 2. The minimum absolute atomic E-state index is 0.0248. The molecule has 2 rings (SSSR count). The molecule has 0 heterocycles. The molecule has 0 aliphatic heterocycles. The molecular weight excluding hydrogens is 379 g/mol. The number of hydrogen-bond donors (Lipinski definition) is 1. The van der Waals surface area contributed by atoms with Crippen molar-refractivity contribution in [3.63, 3.8) is 0 Å². The van der Waals surface area contributed by atoms with Gasteiger partial charge >= 0.3 is 0 Å². The molecule has 0 saturated carbocycles. The lowest BCUT2D eigenvalue weighted by Gasteiger charge is -2.25. The Morgan fingerprint density at radius 2 is 1.88 bits per heavy atom. The van der Waals surface area contributed by atoms with Crippen LogP contribution in [0.1, 0.15) is 20.3 Å². The quantitative estimate of drug-likeness (QED) is 0.775. The van der Waals surface area contributed by atoms with E-state index in [1.165, 1.54) is 24.3 Å². The number of sulfonamides is 1. The molecule has 2 aromatic carbocycles. The summed E-state index contributed by atoms with van der Waals surface area (Å²) in [5.41, 5.74) is 0.111. The second-order valence-corrected chi connectivity index (χ2v) is 8.07. The Hall–Kier alpha value is -2.12. The van der Waals surface area contributed by atoms with Gasteiger partial charge in [-0.05, 0) is 43.7 Å². The average Bonchev–Trinajstić information content (AvgIpc) is 2.62. The zero-order valence-corrected chi connectivity index (χ0v) is 16.0. The number of carbonyl (C=O) groups excluding carboxylic acids is 1. The lowest BCUT2D eigenvalue weighted by molar-refractivity contribution is -0.120. The van der Waals surface area contributed by atoms with Gasteiger partial charge in [-0.3, -0.25) is 9.10 Å². The molecule has 1 amide bonds. The molecule has 1 N–H and O–H groups in total. The molecule has 0 saturated heterocycles. The monoisotopic (exact) mass is 398 g/mol. The van der Waals surface area contributed by atoms with Gasteiger partial charge in [-0.15, -0.1) is 0 Å². The maximum absolute atomic E-state index is 13.5. The normalized spacial score (nSPS) is 12.5. The number of nitrogens with zero attached hydrogens (tertiary/aromatic N) is 1. The molecule has 2 aromatic rings. The number of hydrogen-bond acceptors (Lipinski definition) is 3.